The van der Waals surface area contributed by atoms with Crippen LogP contribution in [-0.4, -0.2) is 9.52 Å². The maximum atomic E-state index is 9.80. The Bertz CT molecular complexity index is 2980. The topological polar surface area (TPSA) is 0 Å². The third-order valence-electron chi connectivity index (χ3n) is 17.1. The average molecular weight is 1090 g/mol. The van der Waals surface area contributed by atoms with Crippen molar-refractivity contribution in [1.29, 1.82) is 0 Å². The van der Waals surface area contributed by atoms with Crippen molar-refractivity contribution in [3.05, 3.63) is 170 Å². The fourth-order valence-electron chi connectivity index (χ4n) is 13.0. The molecule has 9 rings (SSSR count). The Morgan fingerprint density at radius 3 is 1.21 bits per heavy atom. The summed E-state index contributed by atoms with van der Waals surface area (Å²) in [5, 5.41) is 2.96. The predicted molar refractivity (Wildman–Crippen MR) is 320 cm³/mol. The van der Waals surface area contributed by atoms with Gasteiger partial charge in [-0.3, -0.25) is 0 Å². The number of rotatable bonds is 11. The third kappa shape index (κ3) is 8.85. The molecule has 72 heavy (non-hydrogen) atoms. The van der Waals surface area contributed by atoms with E-state index >= 15 is 0 Å². The SMILES string of the molecule is CC(C)c1cc(-c2c(C(C)C)ccc3c2C=C(C(C)(C)C)[CH]3[Zr]([Cl])([Cl])([c]2cccc3c2[SiH2]c2ccccc2-3)[CH]2C(C(C)(C)C)=Cc3c2ccc(C(C)C)c3-c2cc(C(C)C)cc(C(C)C)c2)cc(C(C)C)c1. The standard InChI is InChI=1S/2C28H37.C12H9Si.2ClH.Zr/c2*1-17(2)21-12-22(18(3)4)14-23(13-21)27-25(19(5)6)11-10-20-15-24(16-26(20)27)28(7,8)9;1-3-7-11-9(5-1)10-6-2-4-8-12(10)13-11;;;/h2*10-19H,1-9H3;1-7H,13H2;2*1H;/q;;;;;+2/p-2. The van der Waals surface area contributed by atoms with Gasteiger partial charge in [0, 0.05) is 0 Å². The van der Waals surface area contributed by atoms with Crippen molar-refractivity contribution < 1.29 is 16.4 Å². The van der Waals surface area contributed by atoms with Gasteiger partial charge < -0.3 is 0 Å². The summed E-state index contributed by atoms with van der Waals surface area (Å²) in [6.45, 7) is 42.7. The number of hydrogen-bond acceptors (Lipinski definition) is 0. The fraction of sp³-hybridized carbons (Fsp3) is 0.412. The van der Waals surface area contributed by atoms with E-state index in [4.69, 9.17) is 0 Å². The quantitative estimate of drug-likeness (QED) is 0.113. The normalized spacial score (nSPS) is 17.6. The second-order valence-electron chi connectivity index (χ2n) is 26.2. The second kappa shape index (κ2) is 18.9. The van der Waals surface area contributed by atoms with Gasteiger partial charge in [0.1, 0.15) is 0 Å². The summed E-state index contributed by atoms with van der Waals surface area (Å²) in [5.41, 5.74) is 23.9. The molecule has 1 heterocycles. The predicted octanol–water partition coefficient (Wildman–Crippen LogP) is 18.9. The van der Waals surface area contributed by atoms with Crippen molar-refractivity contribution in [3.8, 4) is 33.4 Å². The van der Waals surface area contributed by atoms with Crippen LogP contribution in [0.4, 0.5) is 0 Å². The Morgan fingerprint density at radius 1 is 0.444 bits per heavy atom. The molecule has 0 saturated heterocycles. The molecule has 377 valence electrons. The van der Waals surface area contributed by atoms with Gasteiger partial charge in [-0.25, -0.2) is 0 Å². The van der Waals surface area contributed by atoms with Gasteiger partial charge >= 0.3 is 450 Å². The number of fused-ring (bicyclic) bond motifs is 5. The fourth-order valence-corrected chi connectivity index (χ4v) is 41.4. The summed E-state index contributed by atoms with van der Waals surface area (Å²) in [4.78, 5) is 0. The molecule has 3 aliphatic rings. The summed E-state index contributed by atoms with van der Waals surface area (Å²) < 4.78 is 0.898. The van der Waals surface area contributed by atoms with E-state index in [0.717, 1.165) is 0 Å². The summed E-state index contributed by atoms with van der Waals surface area (Å²) in [6, 6.07) is 41.1. The molecule has 0 radical (unpaired) electrons. The monoisotopic (exact) mass is 1090 g/mol. The molecule has 0 aromatic heterocycles. The molecule has 0 spiro atoms. The Labute approximate surface area is 446 Å². The van der Waals surface area contributed by atoms with E-state index < -0.39 is 25.9 Å². The second-order valence-corrected chi connectivity index (χ2v) is 48.6. The third-order valence-corrected chi connectivity index (χ3v) is 39.6. The summed E-state index contributed by atoms with van der Waals surface area (Å²) in [5.74, 6) is 2.23. The summed E-state index contributed by atoms with van der Waals surface area (Å²) in [7, 11) is 18.6. The van der Waals surface area contributed by atoms with E-state index in [1.54, 1.807) is 0 Å². The van der Waals surface area contributed by atoms with Crippen LogP contribution in [0.3, 0.4) is 0 Å². The van der Waals surface area contributed by atoms with Gasteiger partial charge in [-0.2, -0.15) is 0 Å². The first kappa shape index (κ1) is 53.3. The first-order valence-electron chi connectivity index (χ1n) is 27.5. The van der Waals surface area contributed by atoms with Gasteiger partial charge in [0.2, 0.25) is 0 Å². The van der Waals surface area contributed by atoms with Crippen LogP contribution in [0.2, 0.25) is 0 Å². The Balaban J connectivity index is 1.45. The van der Waals surface area contributed by atoms with Crippen LogP contribution < -0.4 is 13.6 Å². The van der Waals surface area contributed by atoms with Crippen molar-refractivity contribution in [2.24, 2.45) is 10.8 Å². The van der Waals surface area contributed by atoms with E-state index in [1.165, 1.54) is 114 Å². The number of benzene rings is 6. The summed E-state index contributed by atoms with van der Waals surface area (Å²) >= 11 is -5.97. The van der Waals surface area contributed by atoms with Crippen LogP contribution in [0.25, 0.3) is 45.5 Å². The van der Waals surface area contributed by atoms with Crippen LogP contribution >= 0.6 is 17.0 Å². The van der Waals surface area contributed by atoms with Gasteiger partial charge in [0.15, 0.2) is 0 Å². The molecule has 0 bridgehead atoms. The van der Waals surface area contributed by atoms with Gasteiger partial charge in [0.05, 0.1) is 0 Å². The minimum atomic E-state index is -5.97. The van der Waals surface area contributed by atoms with Crippen molar-refractivity contribution in [1.82, 2.24) is 0 Å². The van der Waals surface area contributed by atoms with Crippen LogP contribution in [0.15, 0.2) is 114 Å². The molecule has 0 saturated carbocycles. The molecule has 2 unspecified atom stereocenters. The molecular weight excluding hydrogens is 1010 g/mol. The molecule has 0 amide bonds. The van der Waals surface area contributed by atoms with Crippen molar-refractivity contribution in [3.63, 3.8) is 0 Å². The van der Waals surface area contributed by atoms with E-state index in [1.807, 2.05) is 0 Å². The Hall–Kier alpha value is -3.52. The minimum absolute atomic E-state index is 0.196. The van der Waals surface area contributed by atoms with Crippen molar-refractivity contribution in [2.45, 2.75) is 167 Å². The number of halogens is 2. The van der Waals surface area contributed by atoms with Crippen molar-refractivity contribution in [2.75, 3.05) is 0 Å². The Morgan fingerprint density at radius 2 is 0.833 bits per heavy atom. The van der Waals surface area contributed by atoms with Crippen LogP contribution in [-0.2, 0) is 16.4 Å². The number of hydrogen-bond donors (Lipinski definition) is 0. The van der Waals surface area contributed by atoms with Gasteiger partial charge in [-0.05, 0) is 0 Å². The zero-order valence-electron chi connectivity index (χ0n) is 47.1. The molecular formula is C68H83Cl2SiZr. The molecule has 1 aliphatic heterocycles. The Kier molecular flexibility index (Phi) is 14.0. The van der Waals surface area contributed by atoms with Gasteiger partial charge in [-0.15, -0.1) is 0 Å². The van der Waals surface area contributed by atoms with Crippen LogP contribution in [0.1, 0.15) is 223 Å². The molecule has 2 atom stereocenters. The molecule has 6 aromatic carbocycles. The zero-order chi connectivity index (χ0) is 52.3. The maximum absolute atomic E-state index is 9.80. The van der Waals surface area contributed by atoms with E-state index in [-0.39, 0.29) is 18.1 Å². The summed E-state index contributed by atoms with van der Waals surface area (Å²) in [6.07, 6.45) is 5.22. The molecule has 0 N–H and O–H groups in total. The van der Waals surface area contributed by atoms with E-state index in [0.29, 0.717) is 35.5 Å². The van der Waals surface area contributed by atoms with Gasteiger partial charge in [0.25, 0.3) is 0 Å². The molecule has 0 fully saturated rings. The van der Waals surface area contributed by atoms with Crippen molar-refractivity contribution >= 4 is 52.3 Å². The average Bonchev–Trinajstić information content (AvgIpc) is 4.04. The first-order chi connectivity index (χ1) is 33.6. The van der Waals surface area contributed by atoms with E-state index in [9.17, 15) is 17.0 Å². The zero-order valence-corrected chi connectivity index (χ0v) is 52.4. The molecule has 4 heteroatoms. The van der Waals surface area contributed by atoms with Crippen LogP contribution in [0.5, 0.6) is 0 Å². The van der Waals surface area contributed by atoms with Gasteiger partial charge in [-0.1, -0.05) is 0 Å². The molecule has 6 aromatic rings. The molecule has 0 nitrogen and oxygen atoms in total. The number of allylic oxidation sites excluding steroid dienone is 2. The molecule has 2 aliphatic carbocycles. The van der Waals surface area contributed by atoms with E-state index in [2.05, 4.69) is 240 Å². The van der Waals surface area contributed by atoms with Crippen LogP contribution in [0, 0.1) is 10.8 Å². The first-order valence-corrected chi connectivity index (χ1v) is 39.3.